The van der Waals surface area contributed by atoms with Crippen molar-refractivity contribution in [1.29, 1.82) is 0 Å². The first-order valence-electron chi connectivity index (χ1n) is 9.53. The fourth-order valence-corrected chi connectivity index (χ4v) is 3.91. The summed E-state index contributed by atoms with van der Waals surface area (Å²) in [4.78, 5) is 31.0. The molecule has 1 fully saturated rings. The first-order chi connectivity index (χ1) is 12.8. The van der Waals surface area contributed by atoms with Crippen LogP contribution in [0.25, 0.3) is 10.9 Å². The van der Waals surface area contributed by atoms with E-state index in [9.17, 15) is 9.59 Å². The van der Waals surface area contributed by atoms with Crippen molar-refractivity contribution in [3.05, 3.63) is 40.6 Å². The molecule has 1 saturated heterocycles. The molecular formula is C21H28N4O2. The molecule has 1 unspecified atom stereocenters. The number of likely N-dealkylation sites (tertiary alicyclic amines) is 1. The number of amides is 2. The molecule has 1 aliphatic heterocycles. The number of hydrogen-bond acceptors (Lipinski definition) is 4. The Labute approximate surface area is 160 Å². The van der Waals surface area contributed by atoms with Crippen molar-refractivity contribution in [3.8, 4) is 0 Å². The SMILES string of the molecule is Cc1cc(C)c2nc(C)cc(C(=O)NCCN3CCCC(C(N)=O)C3)c2c1. The van der Waals surface area contributed by atoms with E-state index in [2.05, 4.69) is 21.3 Å². The Morgan fingerprint density at radius 1 is 1.26 bits per heavy atom. The largest absolute Gasteiger partial charge is 0.369 e. The summed E-state index contributed by atoms with van der Waals surface area (Å²) in [5.41, 5.74) is 10.0. The van der Waals surface area contributed by atoms with E-state index in [0.29, 0.717) is 18.7 Å². The number of primary amides is 1. The zero-order valence-corrected chi connectivity index (χ0v) is 16.3. The Bertz CT molecular complexity index is 878. The van der Waals surface area contributed by atoms with Gasteiger partial charge in [-0.05, 0) is 57.9 Å². The van der Waals surface area contributed by atoms with Gasteiger partial charge in [0, 0.05) is 30.7 Å². The molecule has 0 bridgehead atoms. The summed E-state index contributed by atoms with van der Waals surface area (Å²) in [7, 11) is 0. The second-order valence-electron chi connectivity index (χ2n) is 7.59. The highest BCUT2D eigenvalue weighted by atomic mass is 16.2. The quantitative estimate of drug-likeness (QED) is 0.846. The van der Waals surface area contributed by atoms with Crippen LogP contribution in [0.2, 0.25) is 0 Å². The molecule has 2 aromatic rings. The van der Waals surface area contributed by atoms with E-state index in [1.165, 1.54) is 0 Å². The molecule has 1 atom stereocenters. The summed E-state index contributed by atoms with van der Waals surface area (Å²) >= 11 is 0. The average Bonchev–Trinajstić information content (AvgIpc) is 2.62. The fraction of sp³-hybridized carbons (Fsp3) is 0.476. The fourth-order valence-electron chi connectivity index (χ4n) is 3.91. The van der Waals surface area contributed by atoms with Crippen LogP contribution in [0.4, 0.5) is 0 Å². The van der Waals surface area contributed by atoms with Crippen molar-refractivity contribution >= 4 is 22.7 Å². The van der Waals surface area contributed by atoms with Gasteiger partial charge in [-0.1, -0.05) is 11.6 Å². The van der Waals surface area contributed by atoms with Crippen LogP contribution in [0, 0.1) is 26.7 Å². The predicted molar refractivity (Wildman–Crippen MR) is 107 cm³/mol. The molecular weight excluding hydrogens is 340 g/mol. The molecule has 0 spiro atoms. The molecule has 1 aromatic carbocycles. The molecule has 0 radical (unpaired) electrons. The molecule has 3 rings (SSSR count). The topological polar surface area (TPSA) is 88.3 Å². The lowest BCUT2D eigenvalue weighted by Gasteiger charge is -2.31. The molecule has 6 heteroatoms. The number of piperidine rings is 1. The van der Waals surface area contributed by atoms with Crippen LogP contribution in [0.15, 0.2) is 18.2 Å². The zero-order valence-electron chi connectivity index (χ0n) is 16.3. The van der Waals surface area contributed by atoms with E-state index >= 15 is 0 Å². The van der Waals surface area contributed by atoms with E-state index in [4.69, 9.17) is 5.73 Å². The summed E-state index contributed by atoms with van der Waals surface area (Å²) in [5, 5.41) is 3.92. The Morgan fingerprint density at radius 3 is 2.78 bits per heavy atom. The molecule has 1 aromatic heterocycles. The number of carbonyl (C=O) groups excluding carboxylic acids is 2. The highest BCUT2D eigenvalue weighted by molar-refractivity contribution is 6.07. The van der Waals surface area contributed by atoms with Crippen LogP contribution >= 0.6 is 0 Å². The lowest BCUT2D eigenvalue weighted by Crippen LogP contribution is -2.44. The van der Waals surface area contributed by atoms with Crippen molar-refractivity contribution in [3.63, 3.8) is 0 Å². The first-order valence-corrected chi connectivity index (χ1v) is 9.53. The third-order valence-corrected chi connectivity index (χ3v) is 5.24. The normalized spacial score (nSPS) is 17.8. The molecule has 1 aliphatic rings. The van der Waals surface area contributed by atoms with Crippen LogP contribution in [-0.4, -0.2) is 47.9 Å². The van der Waals surface area contributed by atoms with E-state index in [-0.39, 0.29) is 17.7 Å². The van der Waals surface area contributed by atoms with Gasteiger partial charge >= 0.3 is 0 Å². The molecule has 144 valence electrons. The van der Waals surface area contributed by atoms with Crippen molar-refractivity contribution in [2.45, 2.75) is 33.6 Å². The zero-order chi connectivity index (χ0) is 19.6. The number of rotatable bonds is 5. The maximum atomic E-state index is 12.8. The van der Waals surface area contributed by atoms with Gasteiger partial charge in [0.2, 0.25) is 5.91 Å². The van der Waals surface area contributed by atoms with E-state index in [1.807, 2.05) is 32.9 Å². The summed E-state index contributed by atoms with van der Waals surface area (Å²) in [5.74, 6) is -0.389. The minimum Gasteiger partial charge on any atom is -0.369 e. The summed E-state index contributed by atoms with van der Waals surface area (Å²) in [6, 6.07) is 5.95. The summed E-state index contributed by atoms with van der Waals surface area (Å²) < 4.78 is 0. The first kappa shape index (κ1) is 19.3. The Balaban J connectivity index is 1.69. The van der Waals surface area contributed by atoms with Crippen LogP contribution in [0.5, 0.6) is 0 Å². The summed E-state index contributed by atoms with van der Waals surface area (Å²) in [6.07, 6.45) is 1.83. The minimum atomic E-state index is -0.229. The molecule has 3 N–H and O–H groups in total. The maximum absolute atomic E-state index is 12.8. The number of nitrogens with two attached hydrogens (primary N) is 1. The van der Waals surface area contributed by atoms with Crippen molar-refractivity contribution in [2.75, 3.05) is 26.2 Å². The number of aromatic nitrogens is 1. The van der Waals surface area contributed by atoms with E-state index in [1.54, 1.807) is 0 Å². The standard InChI is InChI=1S/C21H28N4O2/c1-13-9-14(2)19-17(10-13)18(11-15(3)24-19)21(27)23-6-8-25-7-4-5-16(12-25)20(22)26/h9-11,16H,4-8,12H2,1-3H3,(H2,22,26)(H,23,27). The molecule has 6 nitrogen and oxygen atoms in total. The lowest BCUT2D eigenvalue weighted by atomic mass is 9.97. The van der Waals surface area contributed by atoms with Gasteiger partial charge in [-0.2, -0.15) is 0 Å². The molecule has 2 heterocycles. The number of nitrogens with one attached hydrogen (secondary N) is 1. The van der Waals surface area contributed by atoms with E-state index < -0.39 is 0 Å². The van der Waals surface area contributed by atoms with E-state index in [0.717, 1.165) is 53.7 Å². The average molecular weight is 368 g/mol. The highest BCUT2D eigenvalue weighted by Crippen LogP contribution is 2.23. The van der Waals surface area contributed by atoms with Gasteiger partial charge in [0.05, 0.1) is 17.0 Å². The molecule has 0 saturated carbocycles. The summed E-state index contributed by atoms with van der Waals surface area (Å²) in [6.45, 7) is 8.84. The number of hydrogen-bond donors (Lipinski definition) is 2. The number of nitrogens with zero attached hydrogens (tertiary/aromatic N) is 2. The number of fused-ring (bicyclic) bond motifs is 1. The van der Waals surface area contributed by atoms with Gasteiger partial charge in [0.1, 0.15) is 0 Å². The van der Waals surface area contributed by atoms with Gasteiger partial charge in [0.25, 0.3) is 5.91 Å². The maximum Gasteiger partial charge on any atom is 0.252 e. The van der Waals surface area contributed by atoms with Crippen LogP contribution < -0.4 is 11.1 Å². The molecule has 0 aliphatic carbocycles. The number of benzene rings is 1. The van der Waals surface area contributed by atoms with Gasteiger partial charge in [-0.25, -0.2) is 0 Å². The van der Waals surface area contributed by atoms with Gasteiger partial charge in [0.15, 0.2) is 0 Å². The van der Waals surface area contributed by atoms with Gasteiger partial charge in [-0.15, -0.1) is 0 Å². The minimum absolute atomic E-state index is 0.0767. The van der Waals surface area contributed by atoms with Crippen molar-refractivity contribution < 1.29 is 9.59 Å². The van der Waals surface area contributed by atoms with Crippen molar-refractivity contribution in [2.24, 2.45) is 11.7 Å². The lowest BCUT2D eigenvalue weighted by molar-refractivity contribution is -0.123. The van der Waals surface area contributed by atoms with Gasteiger partial charge in [-0.3, -0.25) is 14.6 Å². The monoisotopic (exact) mass is 368 g/mol. The number of aryl methyl sites for hydroxylation is 3. The van der Waals surface area contributed by atoms with Crippen LogP contribution in [-0.2, 0) is 4.79 Å². The number of pyridine rings is 1. The van der Waals surface area contributed by atoms with Crippen LogP contribution in [0.1, 0.15) is 40.0 Å². The van der Waals surface area contributed by atoms with Crippen LogP contribution in [0.3, 0.4) is 0 Å². The molecule has 27 heavy (non-hydrogen) atoms. The second-order valence-corrected chi connectivity index (χ2v) is 7.59. The predicted octanol–water partition coefficient (Wildman–Crippen LogP) is 2.09. The second kappa shape index (κ2) is 8.05. The third-order valence-electron chi connectivity index (χ3n) is 5.24. The van der Waals surface area contributed by atoms with Crippen molar-refractivity contribution in [1.82, 2.24) is 15.2 Å². The molecule has 2 amide bonds. The third kappa shape index (κ3) is 4.45. The number of carbonyl (C=O) groups is 2. The highest BCUT2D eigenvalue weighted by Gasteiger charge is 2.23. The Hall–Kier alpha value is -2.47. The Kier molecular flexibility index (Phi) is 5.75. The van der Waals surface area contributed by atoms with Gasteiger partial charge < -0.3 is 16.0 Å². The Morgan fingerprint density at radius 2 is 2.04 bits per heavy atom. The smallest absolute Gasteiger partial charge is 0.252 e.